The van der Waals surface area contributed by atoms with Crippen LogP contribution < -0.4 is 10.1 Å². The first-order chi connectivity index (χ1) is 20.3. The van der Waals surface area contributed by atoms with Gasteiger partial charge in [-0.3, -0.25) is 19.5 Å². The molecular formula is C31H38N4O6S. The molecule has 0 radical (unpaired) electrons. The van der Waals surface area contributed by atoms with Crippen LogP contribution in [0.5, 0.6) is 5.75 Å². The van der Waals surface area contributed by atoms with Gasteiger partial charge in [-0.05, 0) is 36.8 Å². The first-order valence-corrected chi connectivity index (χ1v) is 16.4. The minimum atomic E-state index is -2.90. The van der Waals surface area contributed by atoms with Crippen LogP contribution in [-0.2, 0) is 25.9 Å². The van der Waals surface area contributed by atoms with Gasteiger partial charge >= 0.3 is 0 Å². The molecule has 3 aliphatic rings. The Morgan fingerprint density at radius 3 is 2.26 bits per heavy atom. The summed E-state index contributed by atoms with van der Waals surface area (Å²) < 4.78 is 40.8. The van der Waals surface area contributed by atoms with E-state index in [-0.39, 0.29) is 30.1 Å². The van der Waals surface area contributed by atoms with Crippen LogP contribution in [0.25, 0.3) is 10.8 Å². The lowest BCUT2D eigenvalue weighted by atomic mass is 10.1. The second-order valence-electron chi connectivity index (χ2n) is 11.1. The van der Waals surface area contributed by atoms with E-state index in [4.69, 9.17) is 14.2 Å². The van der Waals surface area contributed by atoms with Crippen molar-refractivity contribution in [1.82, 2.24) is 14.7 Å². The van der Waals surface area contributed by atoms with E-state index >= 15 is 0 Å². The number of piperazine rings is 1. The van der Waals surface area contributed by atoms with Gasteiger partial charge in [0.25, 0.3) is 5.91 Å². The number of rotatable bonds is 9. The average molecular weight is 595 g/mol. The molecule has 0 atom stereocenters. The monoisotopic (exact) mass is 594 g/mol. The van der Waals surface area contributed by atoms with Gasteiger partial charge in [-0.2, -0.15) is 0 Å². The summed E-state index contributed by atoms with van der Waals surface area (Å²) in [5.74, 6) is 1.02. The Balaban J connectivity index is 1.02. The number of hydrogen-bond donors (Lipinski definition) is 1. The van der Waals surface area contributed by atoms with Gasteiger partial charge in [0.1, 0.15) is 12.4 Å². The van der Waals surface area contributed by atoms with Crippen molar-refractivity contribution in [3.05, 3.63) is 71.8 Å². The van der Waals surface area contributed by atoms with Gasteiger partial charge < -0.3 is 19.5 Å². The van der Waals surface area contributed by atoms with E-state index in [0.717, 1.165) is 60.5 Å². The second kappa shape index (κ2) is 12.7. The summed E-state index contributed by atoms with van der Waals surface area (Å²) in [6.45, 7) is 8.75. The van der Waals surface area contributed by atoms with Crippen molar-refractivity contribution < 1.29 is 27.4 Å². The highest BCUT2D eigenvalue weighted by Crippen LogP contribution is 2.32. The fourth-order valence-electron chi connectivity index (χ4n) is 5.62. The molecule has 3 saturated heterocycles. The van der Waals surface area contributed by atoms with Gasteiger partial charge in [0.2, 0.25) is 6.41 Å². The van der Waals surface area contributed by atoms with Crippen LogP contribution >= 0.6 is 0 Å². The summed E-state index contributed by atoms with van der Waals surface area (Å²) in [5, 5.41) is 4.94. The quantitative estimate of drug-likeness (QED) is 0.401. The first kappa shape index (κ1) is 29.0. The Bertz CT molecular complexity index is 1490. The SMILES string of the molecule is CC1OC(N2CCN(CCOc3ccc(NC(=O)c4ccc(CN5CCS(=O)(=O)CC5)cc4)c4ccccc34)CC2)O1. The summed E-state index contributed by atoms with van der Waals surface area (Å²) in [5.41, 5.74) is 2.34. The number of nitrogens with one attached hydrogen (secondary N) is 1. The lowest BCUT2D eigenvalue weighted by Crippen LogP contribution is -2.57. The van der Waals surface area contributed by atoms with Gasteiger partial charge in [-0.15, -0.1) is 0 Å². The molecule has 0 unspecified atom stereocenters. The molecular weight excluding hydrogens is 556 g/mol. The molecule has 3 heterocycles. The molecule has 3 aliphatic heterocycles. The van der Waals surface area contributed by atoms with Crippen molar-refractivity contribution in [2.24, 2.45) is 0 Å². The maximum Gasteiger partial charge on any atom is 0.255 e. The first-order valence-electron chi connectivity index (χ1n) is 14.6. The number of sulfone groups is 1. The van der Waals surface area contributed by atoms with Gasteiger partial charge in [-0.25, -0.2) is 8.42 Å². The smallest absolute Gasteiger partial charge is 0.255 e. The zero-order chi connectivity index (χ0) is 29.1. The van der Waals surface area contributed by atoms with Crippen molar-refractivity contribution in [1.29, 1.82) is 0 Å². The largest absolute Gasteiger partial charge is 0.492 e. The molecule has 0 saturated carbocycles. The lowest BCUT2D eigenvalue weighted by Gasteiger charge is -2.44. The van der Waals surface area contributed by atoms with E-state index in [9.17, 15) is 13.2 Å². The number of anilines is 1. The molecule has 0 aromatic heterocycles. The second-order valence-corrected chi connectivity index (χ2v) is 13.4. The third kappa shape index (κ3) is 6.94. The summed E-state index contributed by atoms with van der Waals surface area (Å²) in [4.78, 5) is 19.9. The van der Waals surface area contributed by atoms with Gasteiger partial charge in [0.15, 0.2) is 16.1 Å². The van der Waals surface area contributed by atoms with Gasteiger partial charge in [0.05, 0.1) is 11.5 Å². The lowest BCUT2D eigenvalue weighted by molar-refractivity contribution is -0.424. The van der Waals surface area contributed by atoms with E-state index in [2.05, 4.69) is 20.0 Å². The Hall–Kier alpha value is -3.06. The van der Waals surface area contributed by atoms with Crippen molar-refractivity contribution in [2.45, 2.75) is 26.2 Å². The number of hydrogen-bond acceptors (Lipinski definition) is 9. The van der Waals surface area contributed by atoms with Gasteiger partial charge in [0, 0.05) is 74.4 Å². The molecule has 1 amide bonds. The third-order valence-corrected chi connectivity index (χ3v) is 9.79. The molecule has 1 N–H and O–H groups in total. The number of ether oxygens (including phenoxy) is 3. The van der Waals surface area contributed by atoms with Crippen molar-refractivity contribution in [2.75, 3.05) is 69.2 Å². The van der Waals surface area contributed by atoms with E-state index in [1.54, 1.807) is 0 Å². The van der Waals surface area contributed by atoms with Crippen LogP contribution in [0, 0.1) is 0 Å². The predicted octanol–water partition coefficient (Wildman–Crippen LogP) is 3.00. The molecule has 42 heavy (non-hydrogen) atoms. The van der Waals surface area contributed by atoms with Crippen molar-refractivity contribution in [3.63, 3.8) is 0 Å². The number of nitrogens with zero attached hydrogens (tertiary/aromatic N) is 3. The Kier molecular flexibility index (Phi) is 8.75. The fraction of sp³-hybridized carbons (Fsp3) is 0.452. The molecule has 3 aromatic carbocycles. The van der Waals surface area contributed by atoms with E-state index in [0.29, 0.717) is 31.8 Å². The average Bonchev–Trinajstić information content (AvgIpc) is 2.98. The molecule has 224 valence electrons. The highest BCUT2D eigenvalue weighted by Gasteiger charge is 2.34. The minimum absolute atomic E-state index is 0.107. The Morgan fingerprint density at radius 2 is 1.57 bits per heavy atom. The summed E-state index contributed by atoms with van der Waals surface area (Å²) in [6, 6.07) is 19.3. The fourth-order valence-corrected chi connectivity index (χ4v) is 6.90. The van der Waals surface area contributed by atoms with Crippen LogP contribution in [0.15, 0.2) is 60.7 Å². The number of amides is 1. The molecule has 0 spiro atoms. The molecule has 3 fully saturated rings. The topological polar surface area (TPSA) is 101 Å². The van der Waals surface area contributed by atoms with Gasteiger partial charge in [-0.1, -0.05) is 36.4 Å². The summed E-state index contributed by atoms with van der Waals surface area (Å²) in [7, 11) is -2.90. The van der Waals surface area contributed by atoms with E-state index in [1.165, 1.54) is 0 Å². The zero-order valence-electron chi connectivity index (χ0n) is 23.9. The third-order valence-electron chi connectivity index (χ3n) is 8.18. The molecule has 0 bridgehead atoms. The minimum Gasteiger partial charge on any atom is -0.492 e. The summed E-state index contributed by atoms with van der Waals surface area (Å²) >= 11 is 0. The Morgan fingerprint density at radius 1 is 0.881 bits per heavy atom. The zero-order valence-corrected chi connectivity index (χ0v) is 24.7. The van der Waals surface area contributed by atoms with Crippen LogP contribution in [0.2, 0.25) is 0 Å². The highest BCUT2D eigenvalue weighted by atomic mass is 32.2. The molecule has 6 rings (SSSR count). The standard InChI is InChI=1S/C31H38N4O6S/c1-23-40-31(41-23)35-14-12-33(13-15-35)16-19-39-29-11-10-28(26-4-2-3-5-27(26)29)32-30(36)25-8-6-24(7-9-25)22-34-17-20-42(37,38)21-18-34/h2-11,23,31H,12-22H2,1H3,(H,32,36). The van der Waals surface area contributed by atoms with E-state index in [1.807, 2.05) is 67.6 Å². The normalized spacial score (nSPS) is 23.4. The van der Waals surface area contributed by atoms with Crippen LogP contribution in [0.3, 0.4) is 0 Å². The Labute approximate surface area is 247 Å². The number of fused-ring (bicyclic) bond motifs is 1. The number of carbonyl (C=O) groups is 1. The van der Waals surface area contributed by atoms with Crippen LogP contribution in [-0.4, -0.2) is 106 Å². The summed E-state index contributed by atoms with van der Waals surface area (Å²) in [6.07, 6.45) is -0.304. The molecule has 11 heteroatoms. The molecule has 0 aliphatic carbocycles. The van der Waals surface area contributed by atoms with Crippen LogP contribution in [0.4, 0.5) is 5.69 Å². The highest BCUT2D eigenvalue weighted by molar-refractivity contribution is 7.91. The van der Waals surface area contributed by atoms with Crippen molar-refractivity contribution in [3.8, 4) is 5.75 Å². The number of benzene rings is 3. The predicted molar refractivity (Wildman–Crippen MR) is 161 cm³/mol. The maximum absolute atomic E-state index is 13.1. The van der Waals surface area contributed by atoms with Crippen molar-refractivity contribution >= 4 is 32.2 Å². The maximum atomic E-state index is 13.1. The molecule has 3 aromatic rings. The molecule has 10 nitrogen and oxygen atoms in total. The van der Waals surface area contributed by atoms with E-state index < -0.39 is 9.84 Å². The van der Waals surface area contributed by atoms with Crippen LogP contribution in [0.1, 0.15) is 22.8 Å². The number of carbonyl (C=O) groups excluding carboxylic acids is 1.